The molecule has 1 rings (SSSR count). The first-order valence-electron chi connectivity index (χ1n) is 6.50. The van der Waals surface area contributed by atoms with Crippen molar-refractivity contribution in [2.45, 2.75) is 19.8 Å². The number of benzene rings is 1. The van der Waals surface area contributed by atoms with Crippen molar-refractivity contribution < 1.29 is 14.3 Å². The van der Waals surface area contributed by atoms with Crippen LogP contribution in [-0.2, 0) is 9.53 Å². The van der Waals surface area contributed by atoms with Crippen LogP contribution in [0.4, 0.5) is 5.69 Å². The normalized spacial score (nSPS) is 10.1. The van der Waals surface area contributed by atoms with Gasteiger partial charge >= 0.3 is 0 Å². The second-order valence-corrected chi connectivity index (χ2v) is 4.66. The van der Waals surface area contributed by atoms with Gasteiger partial charge in [-0.1, -0.05) is 18.3 Å². The third kappa shape index (κ3) is 7.06. The lowest BCUT2D eigenvalue weighted by Gasteiger charge is -2.08. The Morgan fingerprint density at radius 2 is 2.25 bits per heavy atom. The number of amides is 1. The van der Waals surface area contributed by atoms with Crippen LogP contribution in [0.15, 0.2) is 24.3 Å². The van der Waals surface area contributed by atoms with Crippen molar-refractivity contribution in [2.24, 2.45) is 5.73 Å². The van der Waals surface area contributed by atoms with Crippen LogP contribution >= 0.6 is 12.2 Å². The highest BCUT2D eigenvalue weighted by molar-refractivity contribution is 7.80. The molecule has 0 aromatic heterocycles. The van der Waals surface area contributed by atoms with E-state index in [-0.39, 0.29) is 17.5 Å². The first kappa shape index (κ1) is 16.4. The molecule has 0 bridgehead atoms. The fourth-order valence-electron chi connectivity index (χ4n) is 1.52. The Bertz CT molecular complexity index is 452. The number of ether oxygens (including phenoxy) is 2. The molecular formula is C14H20N2O3S. The van der Waals surface area contributed by atoms with Gasteiger partial charge in [0.2, 0.25) is 5.91 Å². The number of carbonyl (C=O) groups excluding carboxylic acids is 1. The monoisotopic (exact) mass is 296 g/mol. The lowest BCUT2D eigenvalue weighted by Crippen LogP contribution is -2.18. The third-order valence-corrected chi connectivity index (χ3v) is 2.51. The Morgan fingerprint density at radius 1 is 1.45 bits per heavy atom. The van der Waals surface area contributed by atoms with Crippen LogP contribution in [0.2, 0.25) is 0 Å². The topological polar surface area (TPSA) is 73.6 Å². The summed E-state index contributed by atoms with van der Waals surface area (Å²) < 4.78 is 10.5. The summed E-state index contributed by atoms with van der Waals surface area (Å²) in [5, 5.41) is 2.81. The van der Waals surface area contributed by atoms with Crippen LogP contribution in [0.25, 0.3) is 0 Å². The van der Waals surface area contributed by atoms with Crippen molar-refractivity contribution in [3.05, 3.63) is 24.3 Å². The molecule has 5 nitrogen and oxygen atoms in total. The van der Waals surface area contributed by atoms with Gasteiger partial charge in [-0.3, -0.25) is 4.79 Å². The third-order valence-electron chi connectivity index (χ3n) is 2.40. The summed E-state index contributed by atoms with van der Waals surface area (Å²) in [4.78, 5) is 12.0. The van der Waals surface area contributed by atoms with E-state index in [1.807, 2.05) is 6.92 Å². The van der Waals surface area contributed by atoms with Crippen molar-refractivity contribution >= 4 is 28.8 Å². The molecule has 0 aliphatic rings. The van der Waals surface area contributed by atoms with Gasteiger partial charge in [-0.2, -0.15) is 0 Å². The zero-order valence-corrected chi connectivity index (χ0v) is 12.4. The second-order valence-electron chi connectivity index (χ2n) is 4.13. The van der Waals surface area contributed by atoms with Crippen molar-refractivity contribution in [2.75, 3.05) is 25.1 Å². The van der Waals surface area contributed by atoms with Gasteiger partial charge in [0, 0.05) is 31.4 Å². The van der Waals surface area contributed by atoms with E-state index in [9.17, 15) is 4.79 Å². The molecule has 0 atom stereocenters. The summed E-state index contributed by atoms with van der Waals surface area (Å²) >= 11 is 4.74. The largest absolute Gasteiger partial charge is 0.486 e. The average Bonchev–Trinajstić information content (AvgIpc) is 2.42. The first-order chi connectivity index (χ1) is 9.61. The zero-order chi connectivity index (χ0) is 14.8. The quantitative estimate of drug-likeness (QED) is 0.539. The molecule has 0 unspecified atom stereocenters. The molecular weight excluding hydrogens is 276 g/mol. The van der Waals surface area contributed by atoms with E-state index in [0.717, 1.165) is 0 Å². The maximum absolute atomic E-state index is 11.7. The molecule has 0 heterocycles. The van der Waals surface area contributed by atoms with Crippen LogP contribution in [0.5, 0.6) is 5.75 Å². The van der Waals surface area contributed by atoms with Crippen molar-refractivity contribution in [3.63, 3.8) is 0 Å². The lowest BCUT2D eigenvalue weighted by atomic mass is 10.2. The molecule has 6 heteroatoms. The minimum atomic E-state index is -0.0452. The number of carbonyl (C=O) groups is 1. The molecule has 1 aromatic carbocycles. The van der Waals surface area contributed by atoms with E-state index >= 15 is 0 Å². The van der Waals surface area contributed by atoms with E-state index in [0.29, 0.717) is 37.5 Å². The fraction of sp³-hybridized carbons (Fsp3) is 0.429. The molecule has 0 spiro atoms. The van der Waals surface area contributed by atoms with E-state index in [1.54, 1.807) is 24.3 Å². The predicted molar refractivity (Wildman–Crippen MR) is 83.1 cm³/mol. The molecule has 1 amide bonds. The average molecular weight is 296 g/mol. The summed E-state index contributed by atoms with van der Waals surface area (Å²) in [5.41, 5.74) is 6.05. The highest BCUT2D eigenvalue weighted by Gasteiger charge is 2.03. The maximum Gasteiger partial charge on any atom is 0.224 e. The Hall–Kier alpha value is -1.66. The predicted octanol–water partition coefficient (Wildman–Crippen LogP) is 2.11. The Labute approximate surface area is 124 Å². The van der Waals surface area contributed by atoms with E-state index in [2.05, 4.69) is 5.32 Å². The highest BCUT2D eigenvalue weighted by atomic mass is 32.1. The SMILES string of the molecule is CCOCCCC(=O)Nc1cccc(OCC(N)=S)c1. The number of anilines is 1. The molecule has 0 aliphatic heterocycles. The van der Waals surface area contributed by atoms with Crippen LogP contribution < -0.4 is 15.8 Å². The maximum atomic E-state index is 11.7. The Balaban J connectivity index is 2.40. The lowest BCUT2D eigenvalue weighted by molar-refractivity contribution is -0.116. The molecule has 20 heavy (non-hydrogen) atoms. The van der Waals surface area contributed by atoms with Crippen LogP contribution in [0.1, 0.15) is 19.8 Å². The summed E-state index contributed by atoms with van der Waals surface area (Å²) in [5.74, 6) is 0.570. The second kappa shape index (κ2) is 9.28. The number of hydrogen-bond donors (Lipinski definition) is 2. The number of rotatable bonds is 9. The van der Waals surface area contributed by atoms with Crippen LogP contribution in [0, 0.1) is 0 Å². The molecule has 1 aromatic rings. The minimum Gasteiger partial charge on any atom is -0.486 e. The van der Waals surface area contributed by atoms with Gasteiger partial charge < -0.3 is 20.5 Å². The zero-order valence-electron chi connectivity index (χ0n) is 11.6. The number of hydrogen-bond acceptors (Lipinski definition) is 4. The van der Waals surface area contributed by atoms with Gasteiger partial charge in [-0.05, 0) is 25.5 Å². The van der Waals surface area contributed by atoms with Crippen molar-refractivity contribution in [1.82, 2.24) is 0 Å². The van der Waals surface area contributed by atoms with Crippen molar-refractivity contribution in [3.8, 4) is 5.75 Å². The van der Waals surface area contributed by atoms with Crippen molar-refractivity contribution in [1.29, 1.82) is 0 Å². The molecule has 0 saturated heterocycles. The van der Waals surface area contributed by atoms with Gasteiger partial charge in [0.25, 0.3) is 0 Å². The van der Waals surface area contributed by atoms with Gasteiger partial charge in [-0.15, -0.1) is 0 Å². The molecule has 110 valence electrons. The van der Waals surface area contributed by atoms with Crippen LogP contribution in [-0.4, -0.2) is 30.7 Å². The first-order valence-corrected chi connectivity index (χ1v) is 6.91. The number of nitrogens with two attached hydrogens (primary N) is 1. The highest BCUT2D eigenvalue weighted by Crippen LogP contribution is 2.17. The Kier molecular flexibility index (Phi) is 7.60. The molecule has 0 aliphatic carbocycles. The number of nitrogens with one attached hydrogen (secondary N) is 1. The summed E-state index contributed by atoms with van der Waals surface area (Å²) in [6, 6.07) is 7.11. The summed E-state index contributed by atoms with van der Waals surface area (Å²) in [6.07, 6.45) is 1.13. The van der Waals surface area contributed by atoms with E-state index < -0.39 is 0 Å². The van der Waals surface area contributed by atoms with E-state index in [4.69, 9.17) is 27.4 Å². The van der Waals surface area contributed by atoms with Crippen LogP contribution in [0.3, 0.4) is 0 Å². The fourth-order valence-corrected chi connectivity index (χ4v) is 1.58. The molecule has 0 fully saturated rings. The summed E-state index contributed by atoms with van der Waals surface area (Å²) in [6.45, 7) is 3.38. The van der Waals surface area contributed by atoms with Gasteiger partial charge in [0.1, 0.15) is 17.3 Å². The number of thiocarbonyl (C=S) groups is 1. The van der Waals surface area contributed by atoms with Gasteiger partial charge in [0.05, 0.1) is 0 Å². The van der Waals surface area contributed by atoms with Gasteiger partial charge in [-0.25, -0.2) is 0 Å². The smallest absolute Gasteiger partial charge is 0.224 e. The summed E-state index contributed by atoms with van der Waals surface area (Å²) in [7, 11) is 0. The standard InChI is InChI=1S/C14H20N2O3S/c1-2-18-8-4-7-14(17)16-11-5-3-6-12(9-11)19-10-13(15)20/h3,5-6,9H,2,4,7-8,10H2,1H3,(H2,15,20)(H,16,17). The molecule has 3 N–H and O–H groups in total. The van der Waals surface area contributed by atoms with E-state index in [1.165, 1.54) is 0 Å². The Morgan fingerprint density at radius 3 is 2.95 bits per heavy atom. The minimum absolute atomic E-state index is 0.0452. The molecule has 0 saturated carbocycles. The molecule has 0 radical (unpaired) electrons. The van der Waals surface area contributed by atoms with Gasteiger partial charge in [0.15, 0.2) is 0 Å².